The van der Waals surface area contributed by atoms with Crippen molar-refractivity contribution in [3.8, 4) is 5.75 Å². The van der Waals surface area contributed by atoms with E-state index in [0.29, 0.717) is 10.2 Å². The lowest BCUT2D eigenvalue weighted by Crippen LogP contribution is -2.23. The Morgan fingerprint density at radius 1 is 1.17 bits per heavy atom. The molecular formula is C15H15BrN2O4S. The van der Waals surface area contributed by atoms with Crippen LogP contribution in [0.2, 0.25) is 0 Å². The molecule has 6 nitrogen and oxygen atoms in total. The molecule has 0 saturated heterocycles. The van der Waals surface area contributed by atoms with Crippen LogP contribution in [0.25, 0.3) is 0 Å². The van der Waals surface area contributed by atoms with E-state index < -0.39 is 15.9 Å². The zero-order valence-electron chi connectivity index (χ0n) is 12.4. The summed E-state index contributed by atoms with van der Waals surface area (Å²) in [4.78, 5) is 12.3. The molecule has 0 radical (unpaired) electrons. The molecule has 0 heterocycles. The predicted octanol–water partition coefficient (Wildman–Crippen LogP) is 2.66. The van der Waals surface area contributed by atoms with E-state index in [9.17, 15) is 18.3 Å². The number of hydrogen-bond donors (Lipinski definition) is 2. The van der Waals surface area contributed by atoms with Crippen LogP contribution < -0.4 is 5.32 Å². The molecule has 0 aliphatic carbocycles. The van der Waals surface area contributed by atoms with E-state index in [1.807, 2.05) is 0 Å². The second-order valence-electron chi connectivity index (χ2n) is 4.94. The molecular weight excluding hydrogens is 384 g/mol. The first kappa shape index (κ1) is 17.5. The third-order valence-corrected chi connectivity index (χ3v) is 5.87. The molecule has 0 atom stereocenters. The number of aromatic hydroxyl groups is 1. The van der Waals surface area contributed by atoms with Crippen molar-refractivity contribution in [1.82, 2.24) is 4.31 Å². The van der Waals surface area contributed by atoms with Gasteiger partial charge >= 0.3 is 0 Å². The molecule has 0 aliphatic heterocycles. The van der Waals surface area contributed by atoms with Gasteiger partial charge in [0, 0.05) is 35.9 Å². The molecule has 0 spiro atoms. The van der Waals surface area contributed by atoms with Gasteiger partial charge in [-0.05, 0) is 46.3 Å². The highest BCUT2D eigenvalue weighted by atomic mass is 79.9. The van der Waals surface area contributed by atoms with Crippen molar-refractivity contribution in [3.05, 3.63) is 52.5 Å². The van der Waals surface area contributed by atoms with Gasteiger partial charge in [0.2, 0.25) is 10.0 Å². The van der Waals surface area contributed by atoms with Gasteiger partial charge in [-0.15, -0.1) is 0 Å². The summed E-state index contributed by atoms with van der Waals surface area (Å²) in [5.74, 6) is -0.451. The molecule has 0 aromatic heterocycles. The first-order valence-corrected chi connectivity index (χ1v) is 8.77. The smallest absolute Gasteiger partial charge is 0.255 e. The van der Waals surface area contributed by atoms with Crippen molar-refractivity contribution < 1.29 is 18.3 Å². The number of benzene rings is 2. The molecule has 2 aromatic rings. The number of nitrogens with one attached hydrogen (secondary N) is 1. The molecule has 2 rings (SSSR count). The number of phenols is 1. The topological polar surface area (TPSA) is 86.7 Å². The fourth-order valence-corrected chi connectivity index (χ4v) is 3.67. The summed E-state index contributed by atoms with van der Waals surface area (Å²) in [6.07, 6.45) is 0. The average molecular weight is 399 g/mol. The lowest BCUT2D eigenvalue weighted by Gasteiger charge is -2.14. The summed E-state index contributed by atoms with van der Waals surface area (Å²) in [6.45, 7) is 0. The lowest BCUT2D eigenvalue weighted by molar-refractivity contribution is 0.102. The molecule has 8 heteroatoms. The van der Waals surface area contributed by atoms with E-state index >= 15 is 0 Å². The highest BCUT2D eigenvalue weighted by molar-refractivity contribution is 9.10. The second-order valence-corrected chi connectivity index (χ2v) is 7.91. The number of anilines is 1. The highest BCUT2D eigenvalue weighted by Gasteiger charge is 2.22. The monoisotopic (exact) mass is 398 g/mol. The van der Waals surface area contributed by atoms with Crippen LogP contribution in [0.1, 0.15) is 10.4 Å². The molecule has 2 aromatic carbocycles. The van der Waals surface area contributed by atoms with Gasteiger partial charge in [-0.2, -0.15) is 0 Å². The summed E-state index contributed by atoms with van der Waals surface area (Å²) >= 11 is 3.19. The Bertz CT molecular complexity index is 850. The average Bonchev–Trinajstić information content (AvgIpc) is 2.47. The Morgan fingerprint density at radius 2 is 1.87 bits per heavy atom. The Kier molecular flexibility index (Phi) is 5.08. The van der Waals surface area contributed by atoms with Crippen LogP contribution in [0, 0.1) is 0 Å². The van der Waals surface area contributed by atoms with Gasteiger partial charge in [0.1, 0.15) is 5.75 Å². The summed E-state index contributed by atoms with van der Waals surface area (Å²) in [7, 11) is -0.841. The molecule has 0 unspecified atom stereocenters. The number of halogens is 1. The van der Waals surface area contributed by atoms with Gasteiger partial charge in [0.15, 0.2) is 0 Å². The summed E-state index contributed by atoms with van der Waals surface area (Å²) in [5.41, 5.74) is 0.604. The molecule has 0 bridgehead atoms. The maximum absolute atomic E-state index is 12.3. The van der Waals surface area contributed by atoms with Gasteiger partial charge in [-0.3, -0.25) is 4.79 Å². The third kappa shape index (κ3) is 3.90. The van der Waals surface area contributed by atoms with Crippen LogP contribution in [-0.2, 0) is 10.0 Å². The number of hydrogen-bond acceptors (Lipinski definition) is 4. The van der Waals surface area contributed by atoms with Crippen molar-refractivity contribution in [1.29, 1.82) is 0 Å². The molecule has 0 saturated carbocycles. The van der Waals surface area contributed by atoms with E-state index in [1.165, 1.54) is 44.4 Å². The lowest BCUT2D eigenvalue weighted by atomic mass is 10.2. The number of phenolic OH excluding ortho intramolecular Hbond substituents is 1. The highest BCUT2D eigenvalue weighted by Crippen LogP contribution is 2.26. The first-order valence-electron chi connectivity index (χ1n) is 6.54. The van der Waals surface area contributed by atoms with Gasteiger partial charge in [0.05, 0.1) is 4.90 Å². The normalized spacial score (nSPS) is 11.5. The fraction of sp³-hybridized carbons (Fsp3) is 0.133. The quantitative estimate of drug-likeness (QED) is 0.828. The maximum Gasteiger partial charge on any atom is 0.255 e. The molecule has 122 valence electrons. The van der Waals surface area contributed by atoms with Crippen LogP contribution >= 0.6 is 15.9 Å². The van der Waals surface area contributed by atoms with Crippen molar-refractivity contribution >= 4 is 37.5 Å². The first-order chi connectivity index (χ1) is 10.7. The number of carbonyl (C=O) groups is 1. The second kappa shape index (κ2) is 6.69. The van der Waals surface area contributed by atoms with E-state index in [4.69, 9.17) is 0 Å². The van der Waals surface area contributed by atoms with Crippen molar-refractivity contribution in [2.75, 3.05) is 19.4 Å². The minimum absolute atomic E-state index is 0.00561. The Hall–Kier alpha value is -1.90. The minimum Gasteiger partial charge on any atom is -0.508 e. The van der Waals surface area contributed by atoms with Crippen LogP contribution in [-0.4, -0.2) is 37.8 Å². The number of amides is 1. The van der Waals surface area contributed by atoms with Crippen LogP contribution in [0.3, 0.4) is 0 Å². The van der Waals surface area contributed by atoms with E-state index in [0.717, 1.165) is 4.31 Å². The minimum atomic E-state index is -3.68. The number of nitrogens with zero attached hydrogens (tertiary/aromatic N) is 1. The largest absolute Gasteiger partial charge is 0.508 e. The van der Waals surface area contributed by atoms with E-state index in [-0.39, 0.29) is 16.2 Å². The Morgan fingerprint density at radius 3 is 2.48 bits per heavy atom. The standard InChI is InChI=1S/C15H15BrN2O4S/c1-18(2)23(21,22)14-8-10(6-7-13(14)16)15(20)17-11-4-3-5-12(19)9-11/h3-9,19H,1-2H3,(H,17,20). The fourth-order valence-electron chi connectivity index (χ4n) is 1.83. The molecule has 1 amide bonds. The van der Waals surface area contributed by atoms with Gasteiger partial charge in [-0.1, -0.05) is 6.07 Å². The number of carbonyl (C=O) groups excluding carboxylic acids is 1. The summed E-state index contributed by atoms with van der Waals surface area (Å²) in [6, 6.07) is 10.4. The zero-order valence-corrected chi connectivity index (χ0v) is 14.8. The van der Waals surface area contributed by atoms with E-state index in [2.05, 4.69) is 21.2 Å². The molecule has 2 N–H and O–H groups in total. The van der Waals surface area contributed by atoms with Gasteiger partial charge in [-0.25, -0.2) is 12.7 Å². The Labute approximate surface area is 142 Å². The molecule has 0 fully saturated rings. The summed E-state index contributed by atoms with van der Waals surface area (Å²) < 4.78 is 26.0. The summed E-state index contributed by atoms with van der Waals surface area (Å²) in [5, 5.41) is 12.0. The number of rotatable bonds is 4. The van der Waals surface area contributed by atoms with E-state index in [1.54, 1.807) is 12.1 Å². The van der Waals surface area contributed by atoms with Gasteiger partial charge < -0.3 is 10.4 Å². The van der Waals surface area contributed by atoms with Crippen LogP contribution in [0.5, 0.6) is 5.75 Å². The number of sulfonamides is 1. The van der Waals surface area contributed by atoms with Gasteiger partial charge in [0.25, 0.3) is 5.91 Å². The van der Waals surface area contributed by atoms with Crippen molar-refractivity contribution in [2.45, 2.75) is 4.90 Å². The molecule has 23 heavy (non-hydrogen) atoms. The third-order valence-electron chi connectivity index (χ3n) is 3.06. The SMILES string of the molecule is CN(C)S(=O)(=O)c1cc(C(=O)Nc2cccc(O)c2)ccc1Br. The molecule has 0 aliphatic rings. The predicted molar refractivity (Wildman–Crippen MR) is 91.1 cm³/mol. The maximum atomic E-state index is 12.3. The van der Waals surface area contributed by atoms with Crippen molar-refractivity contribution in [2.24, 2.45) is 0 Å². The van der Waals surface area contributed by atoms with Crippen LogP contribution in [0.4, 0.5) is 5.69 Å². The Balaban J connectivity index is 2.36. The van der Waals surface area contributed by atoms with Crippen molar-refractivity contribution in [3.63, 3.8) is 0 Å². The zero-order chi connectivity index (χ0) is 17.2. The van der Waals surface area contributed by atoms with Crippen LogP contribution in [0.15, 0.2) is 51.8 Å².